The van der Waals surface area contributed by atoms with E-state index in [9.17, 15) is 27.6 Å². The summed E-state index contributed by atoms with van der Waals surface area (Å²) in [4.78, 5) is 15.2. The second-order valence-corrected chi connectivity index (χ2v) is 11.9. The number of rotatable bonds is 5. The molecule has 0 fully saturated rings. The highest BCUT2D eigenvalue weighted by Gasteiger charge is 2.47. The van der Waals surface area contributed by atoms with E-state index in [1.807, 2.05) is 39.8 Å². The van der Waals surface area contributed by atoms with Gasteiger partial charge in [0.1, 0.15) is 24.0 Å². The van der Waals surface area contributed by atoms with Crippen LogP contribution in [-0.4, -0.2) is 5.78 Å². The highest BCUT2D eigenvalue weighted by molar-refractivity contribution is 6.02. The third-order valence-corrected chi connectivity index (χ3v) is 8.05. The van der Waals surface area contributed by atoms with Crippen LogP contribution in [0.4, 0.5) is 23.2 Å². The summed E-state index contributed by atoms with van der Waals surface area (Å²) in [5.74, 6) is -1.17. The SMILES string of the molecule is Cc1cc(COc2ccc(F)cc2)c(C)c(C2C(C#N)=C(N)N(c3ccccc3C(F)(F)F)C3=C2C(=O)CC(C)(C)C3)c1. The molecule has 2 aliphatic rings. The van der Waals surface area contributed by atoms with Gasteiger partial charge in [-0.1, -0.05) is 43.7 Å². The van der Waals surface area contributed by atoms with Gasteiger partial charge in [0.05, 0.1) is 28.8 Å². The van der Waals surface area contributed by atoms with E-state index in [4.69, 9.17) is 10.5 Å². The zero-order chi connectivity index (χ0) is 31.3. The van der Waals surface area contributed by atoms with Crippen molar-refractivity contribution in [2.24, 2.45) is 11.1 Å². The van der Waals surface area contributed by atoms with Crippen molar-refractivity contribution in [3.63, 3.8) is 0 Å². The van der Waals surface area contributed by atoms with Crippen molar-refractivity contribution in [2.75, 3.05) is 4.90 Å². The third kappa shape index (κ3) is 5.62. The summed E-state index contributed by atoms with van der Waals surface area (Å²) < 4.78 is 61.9. The number of alkyl halides is 3. The van der Waals surface area contributed by atoms with E-state index < -0.39 is 23.1 Å². The summed E-state index contributed by atoms with van der Waals surface area (Å²) in [5.41, 5.74) is 8.62. The minimum Gasteiger partial charge on any atom is -0.489 e. The monoisotopic (exact) mass is 589 g/mol. The Morgan fingerprint density at radius 1 is 1.07 bits per heavy atom. The Kier molecular flexibility index (Phi) is 7.59. The molecule has 0 spiro atoms. The third-order valence-electron chi connectivity index (χ3n) is 8.05. The number of nitriles is 1. The molecule has 9 heteroatoms. The van der Waals surface area contributed by atoms with Crippen molar-refractivity contribution in [1.82, 2.24) is 0 Å². The molecule has 1 aliphatic carbocycles. The number of carbonyl (C=O) groups excluding carboxylic acids is 1. The predicted molar refractivity (Wildman–Crippen MR) is 155 cm³/mol. The van der Waals surface area contributed by atoms with Crippen LogP contribution in [-0.2, 0) is 17.6 Å². The summed E-state index contributed by atoms with van der Waals surface area (Å²) in [6, 6.07) is 16.6. The summed E-state index contributed by atoms with van der Waals surface area (Å²) in [6.45, 7) is 7.64. The fraction of sp³-hybridized carbons (Fsp3) is 0.294. The number of ketones is 1. The molecule has 5 rings (SSSR count). The molecule has 0 aromatic heterocycles. The highest BCUT2D eigenvalue weighted by atomic mass is 19.4. The maximum atomic E-state index is 14.2. The number of hydrogen-bond donors (Lipinski definition) is 1. The molecule has 0 radical (unpaired) electrons. The lowest BCUT2D eigenvalue weighted by atomic mass is 9.67. The van der Waals surface area contributed by atoms with Gasteiger partial charge in [0, 0.05) is 17.7 Å². The second-order valence-electron chi connectivity index (χ2n) is 11.9. The first kappa shape index (κ1) is 29.9. The normalized spacial score (nSPS) is 18.4. The molecule has 1 aliphatic heterocycles. The average Bonchev–Trinajstić information content (AvgIpc) is 2.92. The van der Waals surface area contributed by atoms with Gasteiger partial charge >= 0.3 is 6.18 Å². The number of allylic oxidation sites excluding steroid dienone is 3. The largest absolute Gasteiger partial charge is 0.489 e. The predicted octanol–water partition coefficient (Wildman–Crippen LogP) is 7.98. The van der Waals surface area contributed by atoms with Gasteiger partial charge in [-0.25, -0.2) is 4.39 Å². The van der Waals surface area contributed by atoms with Crippen LogP contribution in [0.2, 0.25) is 0 Å². The maximum absolute atomic E-state index is 14.2. The summed E-state index contributed by atoms with van der Waals surface area (Å²) in [7, 11) is 0. The Morgan fingerprint density at radius 2 is 1.74 bits per heavy atom. The number of hydrogen-bond acceptors (Lipinski definition) is 5. The lowest BCUT2D eigenvalue weighted by molar-refractivity contribution is -0.137. The molecule has 222 valence electrons. The Hall–Kier alpha value is -4.58. The first-order valence-corrected chi connectivity index (χ1v) is 13.8. The van der Waals surface area contributed by atoms with Crippen LogP contribution in [0.15, 0.2) is 83.3 Å². The first-order valence-electron chi connectivity index (χ1n) is 13.8. The van der Waals surface area contributed by atoms with Crippen LogP contribution in [0.25, 0.3) is 0 Å². The van der Waals surface area contributed by atoms with E-state index >= 15 is 0 Å². The molecule has 0 amide bonds. The number of nitrogens with two attached hydrogens (primary N) is 1. The Morgan fingerprint density at radius 3 is 2.40 bits per heavy atom. The lowest BCUT2D eigenvalue weighted by Crippen LogP contribution is -2.42. The Bertz CT molecular complexity index is 1710. The number of anilines is 1. The molecular weight excluding hydrogens is 558 g/mol. The first-order chi connectivity index (χ1) is 20.2. The minimum atomic E-state index is -4.69. The van der Waals surface area contributed by atoms with Gasteiger partial charge < -0.3 is 10.5 Å². The second kappa shape index (κ2) is 10.9. The van der Waals surface area contributed by atoms with Crippen molar-refractivity contribution in [2.45, 2.75) is 59.2 Å². The topological polar surface area (TPSA) is 79.3 Å². The van der Waals surface area contributed by atoms with Crippen molar-refractivity contribution < 1.29 is 27.1 Å². The number of halogens is 4. The number of benzene rings is 3. The summed E-state index contributed by atoms with van der Waals surface area (Å²) >= 11 is 0. The van der Waals surface area contributed by atoms with E-state index in [1.165, 1.54) is 47.4 Å². The fourth-order valence-corrected chi connectivity index (χ4v) is 6.11. The van der Waals surface area contributed by atoms with Gasteiger partial charge in [-0.15, -0.1) is 0 Å². The number of carbonyl (C=O) groups is 1. The fourth-order valence-electron chi connectivity index (χ4n) is 6.11. The molecule has 5 nitrogen and oxygen atoms in total. The van der Waals surface area contributed by atoms with Gasteiger partial charge in [0.25, 0.3) is 0 Å². The van der Waals surface area contributed by atoms with Crippen LogP contribution in [0.3, 0.4) is 0 Å². The van der Waals surface area contributed by atoms with Crippen LogP contribution < -0.4 is 15.4 Å². The number of ether oxygens (including phenoxy) is 1. The number of para-hydroxylation sites is 1. The van der Waals surface area contributed by atoms with E-state index in [0.29, 0.717) is 17.0 Å². The van der Waals surface area contributed by atoms with Crippen LogP contribution >= 0.6 is 0 Å². The zero-order valence-corrected chi connectivity index (χ0v) is 24.3. The quantitative estimate of drug-likeness (QED) is 0.305. The van der Waals surface area contributed by atoms with Crippen molar-refractivity contribution >= 4 is 11.5 Å². The molecule has 0 bridgehead atoms. The van der Waals surface area contributed by atoms with Crippen molar-refractivity contribution in [1.29, 1.82) is 5.26 Å². The Labute approximate surface area is 247 Å². The maximum Gasteiger partial charge on any atom is 0.418 e. The minimum absolute atomic E-state index is 0.00267. The van der Waals surface area contributed by atoms with Crippen LogP contribution in [0.1, 0.15) is 60.4 Å². The van der Waals surface area contributed by atoms with Crippen molar-refractivity contribution in [3.8, 4) is 11.8 Å². The van der Waals surface area contributed by atoms with E-state index in [-0.39, 0.29) is 53.7 Å². The van der Waals surface area contributed by atoms with E-state index in [0.717, 1.165) is 22.8 Å². The number of nitrogens with zero attached hydrogens (tertiary/aromatic N) is 2. The molecule has 0 saturated carbocycles. The molecule has 3 aromatic rings. The number of Topliss-reactive ketones (excluding diaryl/α,β-unsaturated/α-hetero) is 1. The lowest BCUT2D eigenvalue weighted by Gasteiger charge is -2.44. The van der Waals surface area contributed by atoms with Crippen LogP contribution in [0.5, 0.6) is 5.75 Å². The van der Waals surface area contributed by atoms with Crippen molar-refractivity contribution in [3.05, 3.63) is 117 Å². The van der Waals surface area contributed by atoms with E-state index in [2.05, 4.69) is 6.07 Å². The summed E-state index contributed by atoms with van der Waals surface area (Å²) in [5, 5.41) is 10.4. The molecule has 43 heavy (non-hydrogen) atoms. The van der Waals surface area contributed by atoms with Gasteiger partial charge in [0.2, 0.25) is 0 Å². The van der Waals surface area contributed by atoms with E-state index in [1.54, 1.807) is 0 Å². The number of aryl methyl sites for hydroxylation is 1. The molecule has 1 unspecified atom stereocenters. The molecule has 0 saturated heterocycles. The molecule has 3 aromatic carbocycles. The summed E-state index contributed by atoms with van der Waals surface area (Å²) in [6.07, 6.45) is -4.25. The molecule has 2 N–H and O–H groups in total. The highest BCUT2D eigenvalue weighted by Crippen LogP contribution is 2.52. The Balaban J connectivity index is 1.70. The standard InChI is InChI=1S/C34H31F4N3O2/c1-19-13-21(18-43-23-11-9-22(35)10-12-23)20(2)24(14-19)30-25(17-39)32(40)41(27-8-6-5-7-26(27)34(36,37)38)28-15-33(3,4)16-29(42)31(28)30/h5-14,30H,15-16,18,40H2,1-4H3. The zero-order valence-electron chi connectivity index (χ0n) is 24.3. The molecule has 1 atom stereocenters. The molecular formula is C34H31F4N3O2. The van der Waals surface area contributed by atoms with Gasteiger partial charge in [-0.05, 0) is 78.8 Å². The molecule has 1 heterocycles. The van der Waals surface area contributed by atoms with Gasteiger partial charge in [-0.2, -0.15) is 18.4 Å². The smallest absolute Gasteiger partial charge is 0.418 e. The van der Waals surface area contributed by atoms with Gasteiger partial charge in [-0.3, -0.25) is 9.69 Å². The average molecular weight is 590 g/mol. The van der Waals surface area contributed by atoms with Gasteiger partial charge in [0.15, 0.2) is 5.78 Å². The van der Waals surface area contributed by atoms with Crippen LogP contribution in [0, 0.1) is 36.4 Å².